The molecule has 0 spiro atoms. The number of carbonyl (C=O) groups is 2. The fraction of sp³-hybridized carbons (Fsp3) is 0.300. The van der Waals surface area contributed by atoms with Crippen LogP contribution >= 0.6 is 0 Å². The van der Waals surface area contributed by atoms with E-state index in [1.54, 1.807) is 12.1 Å². The molecule has 168 valence electrons. The van der Waals surface area contributed by atoms with Crippen molar-refractivity contribution < 1.29 is 31.5 Å². The highest BCUT2D eigenvalue weighted by molar-refractivity contribution is 7.89. The summed E-state index contributed by atoms with van der Waals surface area (Å²) < 4.78 is 57.9. The van der Waals surface area contributed by atoms with Crippen molar-refractivity contribution in [2.45, 2.75) is 38.2 Å². The number of benzene rings is 2. The molecule has 1 atom stereocenters. The van der Waals surface area contributed by atoms with Gasteiger partial charge >= 0.3 is 0 Å². The molecule has 11 heteroatoms. The first-order valence-corrected chi connectivity index (χ1v) is 10.8. The van der Waals surface area contributed by atoms with Crippen molar-refractivity contribution in [3.05, 3.63) is 59.2 Å². The van der Waals surface area contributed by atoms with Gasteiger partial charge in [0.15, 0.2) is 17.7 Å². The molecular weight excluding hydrogens is 432 g/mol. The van der Waals surface area contributed by atoms with E-state index in [0.29, 0.717) is 17.9 Å². The Morgan fingerprint density at radius 2 is 1.77 bits per heavy atom. The van der Waals surface area contributed by atoms with Crippen LogP contribution in [0.3, 0.4) is 0 Å². The number of rotatable bonds is 8. The summed E-state index contributed by atoms with van der Waals surface area (Å²) in [5, 5.41) is 0. The van der Waals surface area contributed by atoms with Crippen molar-refractivity contribution in [1.29, 1.82) is 0 Å². The molecule has 0 aliphatic heterocycles. The lowest BCUT2D eigenvalue weighted by Crippen LogP contribution is -2.47. The number of carbonyl (C=O) groups excluding carboxylic acids is 2. The number of aryl methyl sites for hydroxylation is 1. The Bertz CT molecular complexity index is 1080. The van der Waals surface area contributed by atoms with Crippen molar-refractivity contribution in [1.82, 2.24) is 15.6 Å². The van der Waals surface area contributed by atoms with E-state index in [9.17, 15) is 26.8 Å². The largest absolute Gasteiger partial charge is 0.481 e. The maximum Gasteiger partial charge on any atom is 0.279 e. The molecule has 0 saturated heterocycles. The molecule has 1 unspecified atom stereocenters. The summed E-state index contributed by atoms with van der Waals surface area (Å²) in [6.07, 6.45) is -1.21. The zero-order chi connectivity index (χ0) is 23.2. The minimum atomic E-state index is -4.13. The lowest BCUT2D eigenvalue weighted by molar-refractivity contribution is -0.132. The minimum absolute atomic E-state index is 0.310. The van der Waals surface area contributed by atoms with E-state index in [0.717, 1.165) is 17.2 Å². The van der Waals surface area contributed by atoms with Gasteiger partial charge in [-0.15, -0.1) is 0 Å². The fourth-order valence-electron chi connectivity index (χ4n) is 2.42. The van der Waals surface area contributed by atoms with Crippen molar-refractivity contribution >= 4 is 21.8 Å². The lowest BCUT2D eigenvalue weighted by atomic mass is 10.1. The third-order valence-corrected chi connectivity index (χ3v) is 5.86. The molecule has 2 aromatic carbocycles. The van der Waals surface area contributed by atoms with Gasteiger partial charge in [-0.1, -0.05) is 12.1 Å². The van der Waals surface area contributed by atoms with Crippen LogP contribution in [0.25, 0.3) is 0 Å². The normalized spacial score (nSPS) is 12.2. The molecule has 0 aliphatic carbocycles. The van der Waals surface area contributed by atoms with Crippen LogP contribution in [-0.2, 0) is 19.6 Å². The molecule has 2 amide bonds. The van der Waals surface area contributed by atoms with Gasteiger partial charge in [0.1, 0.15) is 5.75 Å². The summed E-state index contributed by atoms with van der Waals surface area (Å²) in [5.41, 5.74) is 6.24. The second kappa shape index (κ2) is 10.3. The molecule has 0 aliphatic rings. The van der Waals surface area contributed by atoms with Gasteiger partial charge in [-0.3, -0.25) is 20.4 Å². The molecule has 0 radical (unpaired) electrons. The molecule has 3 N–H and O–H groups in total. The summed E-state index contributed by atoms with van der Waals surface area (Å²) in [6.45, 7) is 4.96. The summed E-state index contributed by atoms with van der Waals surface area (Å²) in [5.74, 6) is -3.21. The van der Waals surface area contributed by atoms with E-state index in [4.69, 9.17) is 4.74 Å². The molecule has 2 aromatic rings. The smallest absolute Gasteiger partial charge is 0.279 e. The number of amides is 2. The summed E-state index contributed by atoms with van der Waals surface area (Å²) >= 11 is 0. The summed E-state index contributed by atoms with van der Waals surface area (Å²) in [6, 6.07) is 7.56. The van der Waals surface area contributed by atoms with Crippen molar-refractivity contribution in [3.63, 3.8) is 0 Å². The van der Waals surface area contributed by atoms with Gasteiger partial charge in [0, 0.05) is 13.0 Å². The van der Waals surface area contributed by atoms with Crippen LogP contribution in [0.1, 0.15) is 24.5 Å². The van der Waals surface area contributed by atoms with Crippen molar-refractivity contribution in [2.75, 3.05) is 6.54 Å². The van der Waals surface area contributed by atoms with Gasteiger partial charge in [0.2, 0.25) is 15.9 Å². The van der Waals surface area contributed by atoms with Gasteiger partial charge in [0.25, 0.3) is 5.91 Å². The lowest BCUT2D eigenvalue weighted by Gasteiger charge is -2.17. The maximum atomic E-state index is 13.2. The van der Waals surface area contributed by atoms with Crippen LogP contribution in [0, 0.1) is 25.5 Å². The number of ether oxygens (including phenoxy) is 1. The first-order valence-electron chi connectivity index (χ1n) is 9.27. The molecule has 0 heterocycles. The summed E-state index contributed by atoms with van der Waals surface area (Å²) in [7, 11) is -4.13. The molecule has 0 aromatic heterocycles. The standard InChI is InChI=1S/C20H23F2N3O5S/c1-12-5-4-6-18(13(12)2)30-14(3)20(27)25-24-19(26)9-10-23-31(28,29)15-7-8-16(21)17(22)11-15/h4-8,11,14,23H,9-10H2,1-3H3,(H,24,26)(H,25,27). The van der Waals surface area contributed by atoms with E-state index >= 15 is 0 Å². The Morgan fingerprint density at radius 1 is 1.06 bits per heavy atom. The average molecular weight is 455 g/mol. The second-order valence-electron chi connectivity index (χ2n) is 6.72. The topological polar surface area (TPSA) is 114 Å². The van der Waals surface area contributed by atoms with E-state index in [-0.39, 0.29) is 13.0 Å². The van der Waals surface area contributed by atoms with Gasteiger partial charge in [0.05, 0.1) is 4.90 Å². The zero-order valence-electron chi connectivity index (χ0n) is 17.2. The van der Waals surface area contributed by atoms with E-state index < -0.39 is 44.5 Å². The average Bonchev–Trinajstić information content (AvgIpc) is 2.71. The minimum Gasteiger partial charge on any atom is -0.481 e. The van der Waals surface area contributed by atoms with Gasteiger partial charge in [-0.05, 0) is 56.2 Å². The number of hydrogen-bond acceptors (Lipinski definition) is 5. The molecule has 0 bridgehead atoms. The van der Waals surface area contributed by atoms with Crippen molar-refractivity contribution in [3.8, 4) is 5.75 Å². The highest BCUT2D eigenvalue weighted by atomic mass is 32.2. The Labute approximate surface area is 179 Å². The van der Waals surface area contributed by atoms with Crippen LogP contribution in [0.5, 0.6) is 5.75 Å². The van der Waals surface area contributed by atoms with Gasteiger partial charge in [-0.25, -0.2) is 21.9 Å². The first-order chi connectivity index (χ1) is 14.5. The van der Waals surface area contributed by atoms with E-state index in [1.807, 2.05) is 19.9 Å². The van der Waals surface area contributed by atoms with Crippen LogP contribution in [0.4, 0.5) is 8.78 Å². The molecule has 2 rings (SSSR count). The van der Waals surface area contributed by atoms with Crippen LogP contribution < -0.4 is 20.3 Å². The van der Waals surface area contributed by atoms with Gasteiger partial charge < -0.3 is 4.74 Å². The second-order valence-corrected chi connectivity index (χ2v) is 8.49. The molecule has 0 fully saturated rings. The Kier molecular flexibility index (Phi) is 8.06. The number of hydrazine groups is 1. The predicted molar refractivity (Wildman–Crippen MR) is 108 cm³/mol. The third-order valence-electron chi connectivity index (χ3n) is 4.40. The Hall–Kier alpha value is -3.05. The zero-order valence-corrected chi connectivity index (χ0v) is 18.0. The SMILES string of the molecule is Cc1cccc(OC(C)C(=O)NNC(=O)CCNS(=O)(=O)c2ccc(F)c(F)c2)c1C. The molecule has 31 heavy (non-hydrogen) atoms. The van der Waals surface area contributed by atoms with E-state index in [2.05, 4.69) is 15.6 Å². The maximum absolute atomic E-state index is 13.2. The highest BCUT2D eigenvalue weighted by Crippen LogP contribution is 2.21. The van der Waals surface area contributed by atoms with Crippen LogP contribution in [0.15, 0.2) is 41.3 Å². The fourth-order valence-corrected chi connectivity index (χ4v) is 3.46. The number of sulfonamides is 1. The number of halogens is 2. The third kappa shape index (κ3) is 6.72. The number of hydrogen-bond donors (Lipinski definition) is 3. The molecule has 8 nitrogen and oxygen atoms in total. The quantitative estimate of drug-likeness (QED) is 0.526. The first kappa shape index (κ1) is 24.2. The van der Waals surface area contributed by atoms with Gasteiger partial charge in [-0.2, -0.15) is 0 Å². The van der Waals surface area contributed by atoms with E-state index in [1.165, 1.54) is 6.92 Å². The highest BCUT2D eigenvalue weighted by Gasteiger charge is 2.18. The van der Waals surface area contributed by atoms with Crippen LogP contribution in [0.2, 0.25) is 0 Å². The molecule has 0 saturated carbocycles. The Balaban J connectivity index is 1.78. The predicted octanol–water partition coefficient (Wildman–Crippen LogP) is 1.86. The van der Waals surface area contributed by atoms with Crippen LogP contribution in [-0.4, -0.2) is 32.9 Å². The Morgan fingerprint density at radius 3 is 2.45 bits per heavy atom. The molecular formula is C20H23F2N3O5S. The summed E-state index contributed by atoms with van der Waals surface area (Å²) in [4.78, 5) is 23.5. The van der Waals surface area contributed by atoms with Crippen molar-refractivity contribution in [2.24, 2.45) is 0 Å². The monoisotopic (exact) mass is 455 g/mol. The number of nitrogens with one attached hydrogen (secondary N) is 3.